The fraction of sp³-hybridized carbons (Fsp3) is 0.308. The fourth-order valence-corrected chi connectivity index (χ4v) is 4.93. The van der Waals surface area contributed by atoms with Gasteiger partial charge in [0.2, 0.25) is 0 Å². The van der Waals surface area contributed by atoms with Gasteiger partial charge in [0.1, 0.15) is 12.1 Å². The molecule has 4 heteroatoms. The van der Waals surface area contributed by atoms with Crippen molar-refractivity contribution in [2.75, 3.05) is 18.0 Å². The van der Waals surface area contributed by atoms with Crippen molar-refractivity contribution < 1.29 is 0 Å². The normalized spacial score (nSPS) is 19.4. The molecule has 1 saturated heterocycles. The predicted octanol–water partition coefficient (Wildman–Crippen LogP) is 5.88. The number of aromatic nitrogens is 3. The zero-order valence-corrected chi connectivity index (χ0v) is 17.9. The van der Waals surface area contributed by atoms with Crippen LogP contribution >= 0.6 is 0 Å². The van der Waals surface area contributed by atoms with E-state index in [0.717, 1.165) is 35.6 Å². The lowest BCUT2D eigenvalue weighted by molar-refractivity contribution is 0.356. The first-order valence-corrected chi connectivity index (χ1v) is 10.8. The molecule has 0 amide bonds. The molecule has 5 rings (SSSR count). The number of anilines is 1. The number of hydrogen-bond acceptors (Lipinski definition) is 3. The molecule has 30 heavy (non-hydrogen) atoms. The van der Waals surface area contributed by atoms with E-state index < -0.39 is 0 Å². The maximum Gasteiger partial charge on any atom is 0.150 e. The minimum atomic E-state index is 0.665. The van der Waals surface area contributed by atoms with Crippen molar-refractivity contribution in [3.8, 4) is 16.8 Å². The molecule has 1 aliphatic rings. The van der Waals surface area contributed by atoms with Gasteiger partial charge in [-0.3, -0.25) is 0 Å². The van der Waals surface area contributed by atoms with Crippen molar-refractivity contribution in [3.63, 3.8) is 0 Å². The third kappa shape index (κ3) is 3.36. The van der Waals surface area contributed by atoms with Gasteiger partial charge in [-0.05, 0) is 48.4 Å². The lowest BCUT2D eigenvalue weighted by Gasteiger charge is -2.36. The summed E-state index contributed by atoms with van der Waals surface area (Å²) in [5, 5.41) is 1.14. The van der Waals surface area contributed by atoms with Crippen LogP contribution in [0.3, 0.4) is 0 Å². The Morgan fingerprint density at radius 1 is 0.900 bits per heavy atom. The standard InChI is InChI=1S/C26H28N4/c1-18-8-7-11-22(13-18)30-16-23(21-9-5-4-6-10-21)24-25(27-17-28-26(24)30)29-14-19(2)12-20(3)15-29/h4-11,13,16-17,19-20H,12,14-15H2,1-3H3/t19-,20+. The lowest BCUT2D eigenvalue weighted by Crippen LogP contribution is -2.39. The Morgan fingerprint density at radius 2 is 1.67 bits per heavy atom. The predicted molar refractivity (Wildman–Crippen MR) is 124 cm³/mol. The number of nitrogens with zero attached hydrogens (tertiary/aromatic N) is 4. The summed E-state index contributed by atoms with van der Waals surface area (Å²) in [5.74, 6) is 2.39. The highest BCUT2D eigenvalue weighted by Gasteiger charge is 2.26. The molecule has 0 unspecified atom stereocenters. The molecule has 1 fully saturated rings. The van der Waals surface area contributed by atoms with E-state index in [4.69, 9.17) is 9.97 Å². The Hall–Kier alpha value is -3.14. The second-order valence-electron chi connectivity index (χ2n) is 8.86. The molecule has 3 heterocycles. The largest absolute Gasteiger partial charge is 0.355 e. The first-order valence-electron chi connectivity index (χ1n) is 10.8. The van der Waals surface area contributed by atoms with Crippen molar-refractivity contribution in [3.05, 3.63) is 72.7 Å². The number of hydrogen-bond donors (Lipinski definition) is 0. The molecule has 2 aromatic carbocycles. The second kappa shape index (κ2) is 7.60. The summed E-state index contributed by atoms with van der Waals surface area (Å²) in [4.78, 5) is 12.0. The molecule has 152 valence electrons. The maximum absolute atomic E-state index is 4.81. The summed E-state index contributed by atoms with van der Waals surface area (Å²) in [5.41, 5.74) is 5.72. The Morgan fingerprint density at radius 3 is 2.40 bits per heavy atom. The summed E-state index contributed by atoms with van der Waals surface area (Å²) in [6, 6.07) is 19.2. The topological polar surface area (TPSA) is 34.0 Å². The number of benzene rings is 2. The van der Waals surface area contributed by atoms with Crippen LogP contribution in [0.4, 0.5) is 5.82 Å². The average molecular weight is 397 g/mol. The molecular formula is C26H28N4. The smallest absolute Gasteiger partial charge is 0.150 e. The van der Waals surface area contributed by atoms with E-state index in [0.29, 0.717) is 11.8 Å². The van der Waals surface area contributed by atoms with Crippen molar-refractivity contribution in [1.82, 2.24) is 14.5 Å². The molecule has 4 aromatic rings. The van der Waals surface area contributed by atoms with Gasteiger partial charge in [-0.2, -0.15) is 0 Å². The van der Waals surface area contributed by atoms with E-state index in [-0.39, 0.29) is 0 Å². The minimum Gasteiger partial charge on any atom is -0.355 e. The summed E-state index contributed by atoms with van der Waals surface area (Å²) < 4.78 is 2.21. The third-order valence-electron chi connectivity index (χ3n) is 6.10. The third-order valence-corrected chi connectivity index (χ3v) is 6.10. The fourth-order valence-electron chi connectivity index (χ4n) is 4.93. The summed E-state index contributed by atoms with van der Waals surface area (Å²) in [6.45, 7) is 8.90. The van der Waals surface area contributed by atoms with Gasteiger partial charge < -0.3 is 9.47 Å². The highest BCUT2D eigenvalue weighted by molar-refractivity contribution is 6.02. The molecule has 2 aromatic heterocycles. The second-order valence-corrected chi connectivity index (χ2v) is 8.86. The van der Waals surface area contributed by atoms with Crippen molar-refractivity contribution in [2.45, 2.75) is 27.2 Å². The van der Waals surface area contributed by atoms with E-state index in [1.807, 2.05) is 0 Å². The number of fused-ring (bicyclic) bond motifs is 1. The zero-order valence-electron chi connectivity index (χ0n) is 17.9. The lowest BCUT2D eigenvalue weighted by atomic mass is 9.91. The van der Waals surface area contributed by atoms with E-state index in [9.17, 15) is 0 Å². The van der Waals surface area contributed by atoms with Crippen LogP contribution in [0.5, 0.6) is 0 Å². The Balaban J connectivity index is 1.76. The van der Waals surface area contributed by atoms with E-state index in [1.54, 1.807) is 6.33 Å². The van der Waals surface area contributed by atoms with E-state index in [1.165, 1.54) is 23.1 Å². The monoisotopic (exact) mass is 396 g/mol. The summed E-state index contributed by atoms with van der Waals surface area (Å²) in [6.07, 6.45) is 5.23. The number of aryl methyl sites for hydroxylation is 1. The summed E-state index contributed by atoms with van der Waals surface area (Å²) in [7, 11) is 0. The van der Waals surface area contributed by atoms with E-state index >= 15 is 0 Å². The van der Waals surface area contributed by atoms with Crippen LogP contribution in [0.1, 0.15) is 25.8 Å². The van der Waals surface area contributed by atoms with Gasteiger partial charge in [-0.15, -0.1) is 0 Å². The van der Waals surface area contributed by atoms with Crippen molar-refractivity contribution >= 4 is 16.9 Å². The SMILES string of the molecule is Cc1cccc(-n2cc(-c3ccccc3)c3c(N4C[C@H](C)C[C@H](C)C4)ncnc32)c1. The van der Waals surface area contributed by atoms with Gasteiger partial charge in [0.05, 0.1) is 5.39 Å². The maximum atomic E-state index is 4.81. The zero-order chi connectivity index (χ0) is 20.7. The molecule has 4 nitrogen and oxygen atoms in total. The molecule has 0 saturated carbocycles. The molecule has 2 atom stereocenters. The van der Waals surface area contributed by atoms with Crippen LogP contribution in [0.25, 0.3) is 27.8 Å². The molecular weight excluding hydrogens is 368 g/mol. The highest BCUT2D eigenvalue weighted by atomic mass is 15.2. The Kier molecular flexibility index (Phi) is 4.78. The van der Waals surface area contributed by atoms with Crippen LogP contribution in [0.15, 0.2) is 67.1 Å². The molecule has 0 aliphatic carbocycles. The van der Waals surface area contributed by atoms with Gasteiger partial charge in [0.25, 0.3) is 0 Å². The first kappa shape index (κ1) is 18.9. The van der Waals surface area contributed by atoms with Crippen LogP contribution < -0.4 is 4.90 Å². The van der Waals surface area contributed by atoms with Crippen LogP contribution in [0, 0.1) is 18.8 Å². The van der Waals surface area contributed by atoms with Crippen molar-refractivity contribution in [1.29, 1.82) is 0 Å². The Labute approximate surface area is 178 Å². The number of rotatable bonds is 3. The average Bonchev–Trinajstić information content (AvgIpc) is 3.13. The number of piperidine rings is 1. The van der Waals surface area contributed by atoms with Gasteiger partial charge in [-0.25, -0.2) is 9.97 Å². The van der Waals surface area contributed by atoms with Gasteiger partial charge in [0.15, 0.2) is 5.65 Å². The summed E-state index contributed by atoms with van der Waals surface area (Å²) >= 11 is 0. The van der Waals surface area contributed by atoms with Gasteiger partial charge in [0, 0.05) is 30.5 Å². The van der Waals surface area contributed by atoms with Crippen molar-refractivity contribution in [2.24, 2.45) is 11.8 Å². The van der Waals surface area contributed by atoms with E-state index in [2.05, 4.69) is 91.0 Å². The van der Waals surface area contributed by atoms with Crippen LogP contribution in [-0.4, -0.2) is 27.6 Å². The van der Waals surface area contributed by atoms with Crippen LogP contribution in [0.2, 0.25) is 0 Å². The minimum absolute atomic E-state index is 0.665. The van der Waals surface area contributed by atoms with Gasteiger partial charge >= 0.3 is 0 Å². The molecule has 0 N–H and O–H groups in total. The Bertz CT molecular complexity index is 1170. The highest BCUT2D eigenvalue weighted by Crippen LogP contribution is 2.38. The molecule has 0 bridgehead atoms. The molecule has 1 aliphatic heterocycles. The van der Waals surface area contributed by atoms with Crippen LogP contribution in [-0.2, 0) is 0 Å². The first-order chi connectivity index (χ1) is 14.6. The molecule has 0 radical (unpaired) electrons. The quantitative estimate of drug-likeness (QED) is 0.434. The molecule has 0 spiro atoms. The van der Waals surface area contributed by atoms with Gasteiger partial charge in [-0.1, -0.05) is 56.3 Å².